The number of nitrogens with one attached hydrogen (secondary N) is 1. The van der Waals surface area contributed by atoms with Gasteiger partial charge in [0.2, 0.25) is 5.91 Å². The Labute approximate surface area is 262 Å². The van der Waals surface area contributed by atoms with Crippen LogP contribution in [0.3, 0.4) is 0 Å². The number of rotatable bonds is 7. The molecule has 1 atom stereocenters. The first kappa shape index (κ1) is 31.8. The number of benzene rings is 3. The van der Waals surface area contributed by atoms with Gasteiger partial charge in [-0.05, 0) is 52.8 Å². The van der Waals surface area contributed by atoms with Crippen molar-refractivity contribution in [2.45, 2.75) is 45.4 Å². The number of ether oxygens (including phenoxy) is 1. The van der Waals surface area contributed by atoms with Crippen LogP contribution in [0, 0.1) is 0 Å². The monoisotopic (exact) mass is 636 g/mol. The van der Waals surface area contributed by atoms with E-state index in [2.05, 4.69) is 45.9 Å². The number of aliphatic imine (C=N–C) groups is 1. The molecule has 0 saturated carbocycles. The molecule has 5 rings (SSSR count). The molecule has 1 fully saturated rings. The Bertz CT molecular complexity index is 1710. The zero-order valence-electron chi connectivity index (χ0n) is 25.0. The number of carbonyl (C=O) groups excluding carboxylic acids is 2. The summed E-state index contributed by atoms with van der Waals surface area (Å²) in [5.74, 6) is 0.168. The summed E-state index contributed by atoms with van der Waals surface area (Å²) in [4.78, 5) is 35.7. The first-order valence-corrected chi connectivity index (χ1v) is 15.1. The van der Waals surface area contributed by atoms with Crippen molar-refractivity contribution in [2.75, 3.05) is 17.2 Å². The fraction of sp³-hybridized carbons (Fsp3) is 0.281. The van der Waals surface area contributed by atoms with Crippen LogP contribution in [0.1, 0.15) is 44.7 Å². The number of aromatic nitrogens is 3. The summed E-state index contributed by atoms with van der Waals surface area (Å²) in [6, 6.07) is 20.0. The Balaban J connectivity index is 1.20. The van der Waals surface area contributed by atoms with Gasteiger partial charge < -0.3 is 10.1 Å². The van der Waals surface area contributed by atoms with E-state index in [9.17, 15) is 22.8 Å². The summed E-state index contributed by atoms with van der Waals surface area (Å²) >= 11 is 1.24. The van der Waals surface area contributed by atoms with Crippen molar-refractivity contribution in [2.24, 2.45) is 4.99 Å². The van der Waals surface area contributed by atoms with E-state index in [0.717, 1.165) is 22.4 Å². The predicted octanol–water partition coefficient (Wildman–Crippen LogP) is 7.08. The molecule has 1 aliphatic heterocycles. The SMILES string of the molecule is CC(CNC(=O)N=C1SCC(=O)N1c1ccccc1C(C)(C)C)c1ccc(-c2ncn(-c3ccc(OC(F)(F)F)cc3)n2)cc1. The van der Waals surface area contributed by atoms with E-state index >= 15 is 0 Å². The van der Waals surface area contributed by atoms with E-state index in [1.54, 1.807) is 0 Å². The zero-order valence-corrected chi connectivity index (χ0v) is 25.8. The first-order valence-electron chi connectivity index (χ1n) is 14.1. The first-order chi connectivity index (χ1) is 21.3. The predicted molar refractivity (Wildman–Crippen MR) is 168 cm³/mol. The molecule has 2 heterocycles. The molecule has 0 bridgehead atoms. The van der Waals surface area contributed by atoms with Gasteiger partial charge in [-0.25, -0.2) is 14.5 Å². The molecule has 4 aromatic rings. The lowest BCUT2D eigenvalue weighted by atomic mass is 9.85. The molecule has 9 nitrogen and oxygen atoms in total. The molecule has 0 spiro atoms. The van der Waals surface area contributed by atoms with Gasteiger partial charge in [0.15, 0.2) is 11.0 Å². The van der Waals surface area contributed by atoms with Crippen LogP contribution in [0.5, 0.6) is 5.75 Å². The van der Waals surface area contributed by atoms with Crippen LogP contribution in [0.15, 0.2) is 84.1 Å². The van der Waals surface area contributed by atoms with Gasteiger partial charge in [-0.2, -0.15) is 4.99 Å². The third-order valence-electron chi connectivity index (χ3n) is 7.04. The number of nitrogens with zero attached hydrogens (tertiary/aromatic N) is 5. The quantitative estimate of drug-likeness (QED) is 0.233. The second-order valence-electron chi connectivity index (χ2n) is 11.4. The highest BCUT2D eigenvalue weighted by atomic mass is 32.2. The lowest BCUT2D eigenvalue weighted by Gasteiger charge is -2.27. The van der Waals surface area contributed by atoms with Crippen LogP contribution in [-0.2, 0) is 10.2 Å². The molecular weight excluding hydrogens is 605 g/mol. The van der Waals surface area contributed by atoms with Crippen molar-refractivity contribution >= 4 is 34.6 Å². The minimum Gasteiger partial charge on any atom is -0.406 e. The second kappa shape index (κ2) is 12.8. The molecule has 1 aromatic heterocycles. The number of hydrogen-bond acceptors (Lipinski definition) is 6. The van der Waals surface area contributed by atoms with E-state index < -0.39 is 12.4 Å². The van der Waals surface area contributed by atoms with Crippen molar-refractivity contribution in [1.29, 1.82) is 0 Å². The fourth-order valence-corrected chi connectivity index (χ4v) is 5.61. The van der Waals surface area contributed by atoms with Gasteiger partial charge in [-0.1, -0.05) is 81.9 Å². The maximum atomic E-state index is 12.8. The number of amidine groups is 1. The number of para-hydroxylation sites is 1. The molecule has 3 amide bonds. The fourth-order valence-electron chi connectivity index (χ4n) is 4.75. The molecule has 1 saturated heterocycles. The molecule has 0 radical (unpaired) electrons. The number of anilines is 1. The number of hydrogen-bond donors (Lipinski definition) is 1. The Kier molecular flexibility index (Phi) is 9.01. The normalized spacial score (nSPS) is 15.4. The molecule has 234 valence electrons. The van der Waals surface area contributed by atoms with Gasteiger partial charge in [0.1, 0.15) is 12.1 Å². The lowest BCUT2D eigenvalue weighted by Crippen LogP contribution is -2.33. The molecule has 1 aliphatic rings. The Morgan fingerprint density at radius 2 is 1.73 bits per heavy atom. The van der Waals surface area contributed by atoms with Crippen LogP contribution < -0.4 is 15.0 Å². The summed E-state index contributed by atoms with van der Waals surface area (Å²) in [6.45, 7) is 8.52. The zero-order chi connectivity index (χ0) is 32.4. The lowest BCUT2D eigenvalue weighted by molar-refractivity contribution is -0.274. The average molecular weight is 637 g/mol. The largest absolute Gasteiger partial charge is 0.573 e. The average Bonchev–Trinajstić information content (AvgIpc) is 3.62. The minimum atomic E-state index is -4.76. The van der Waals surface area contributed by atoms with Crippen molar-refractivity contribution in [1.82, 2.24) is 20.1 Å². The highest BCUT2D eigenvalue weighted by molar-refractivity contribution is 8.15. The van der Waals surface area contributed by atoms with Gasteiger partial charge in [0, 0.05) is 12.1 Å². The van der Waals surface area contributed by atoms with E-state index in [1.807, 2.05) is 55.5 Å². The Morgan fingerprint density at radius 3 is 2.40 bits per heavy atom. The van der Waals surface area contributed by atoms with E-state index in [0.29, 0.717) is 23.2 Å². The molecule has 1 N–H and O–H groups in total. The van der Waals surface area contributed by atoms with Crippen LogP contribution >= 0.6 is 11.8 Å². The maximum absolute atomic E-state index is 12.8. The second-order valence-corrected chi connectivity index (χ2v) is 12.4. The number of thioether (sulfide) groups is 1. The smallest absolute Gasteiger partial charge is 0.406 e. The van der Waals surface area contributed by atoms with Gasteiger partial charge in [0.05, 0.1) is 17.1 Å². The van der Waals surface area contributed by atoms with Crippen LogP contribution in [-0.4, -0.2) is 50.5 Å². The number of amides is 3. The Morgan fingerprint density at radius 1 is 1.04 bits per heavy atom. The Hall–Kier alpha value is -4.65. The molecule has 3 aromatic carbocycles. The number of urea groups is 1. The molecule has 45 heavy (non-hydrogen) atoms. The van der Waals surface area contributed by atoms with Crippen molar-refractivity contribution < 1.29 is 27.5 Å². The number of halogens is 3. The highest BCUT2D eigenvalue weighted by Gasteiger charge is 2.34. The van der Waals surface area contributed by atoms with Crippen molar-refractivity contribution in [3.8, 4) is 22.8 Å². The summed E-state index contributed by atoms with van der Waals surface area (Å²) in [6.07, 6.45) is -3.29. The van der Waals surface area contributed by atoms with E-state index in [1.165, 1.54) is 51.9 Å². The highest BCUT2D eigenvalue weighted by Crippen LogP contribution is 2.36. The van der Waals surface area contributed by atoms with E-state index in [4.69, 9.17) is 0 Å². The third kappa shape index (κ3) is 7.72. The summed E-state index contributed by atoms with van der Waals surface area (Å²) in [7, 11) is 0. The topological polar surface area (TPSA) is 102 Å². The standard InChI is InChI=1S/C32H31F3N6O3S/c1-20(17-36-29(43)38-30-41(27(42)18-45-30)26-8-6-5-7-25(26)31(2,3)4)21-9-11-22(12-10-21)28-37-19-40(39-28)23-13-15-24(16-14-23)44-32(33,34)35/h5-16,19-20H,17-18H2,1-4H3,(H,36,43). The van der Waals surface area contributed by atoms with Gasteiger partial charge in [-0.15, -0.1) is 18.3 Å². The summed E-state index contributed by atoms with van der Waals surface area (Å²) in [5, 5.41) is 7.63. The van der Waals surface area contributed by atoms with Crippen LogP contribution in [0.2, 0.25) is 0 Å². The van der Waals surface area contributed by atoms with Crippen LogP contribution in [0.4, 0.5) is 23.7 Å². The van der Waals surface area contributed by atoms with Gasteiger partial charge in [-0.3, -0.25) is 9.69 Å². The van der Waals surface area contributed by atoms with Crippen molar-refractivity contribution in [3.05, 3.63) is 90.3 Å². The van der Waals surface area contributed by atoms with Gasteiger partial charge in [0.25, 0.3) is 0 Å². The summed E-state index contributed by atoms with van der Waals surface area (Å²) < 4.78 is 42.6. The van der Waals surface area contributed by atoms with Gasteiger partial charge >= 0.3 is 12.4 Å². The summed E-state index contributed by atoms with van der Waals surface area (Å²) in [5.41, 5.74) is 3.75. The maximum Gasteiger partial charge on any atom is 0.573 e. The molecule has 1 unspecified atom stereocenters. The van der Waals surface area contributed by atoms with Crippen LogP contribution in [0.25, 0.3) is 17.1 Å². The number of carbonyl (C=O) groups is 2. The van der Waals surface area contributed by atoms with Crippen molar-refractivity contribution in [3.63, 3.8) is 0 Å². The molecular formula is C32H31F3N6O3S. The molecule has 0 aliphatic carbocycles. The molecule has 13 heteroatoms. The minimum absolute atomic E-state index is 0.0401. The number of alkyl halides is 3. The van der Waals surface area contributed by atoms with E-state index in [-0.39, 0.29) is 28.7 Å². The third-order valence-corrected chi connectivity index (χ3v) is 7.96.